The summed E-state index contributed by atoms with van der Waals surface area (Å²) in [6.07, 6.45) is 0. The van der Waals surface area contributed by atoms with E-state index >= 15 is 0 Å². The Morgan fingerprint density at radius 1 is 1.28 bits per heavy atom. The van der Waals surface area contributed by atoms with E-state index < -0.39 is 28.4 Å². The molecule has 0 radical (unpaired) electrons. The third-order valence-corrected chi connectivity index (χ3v) is 3.96. The van der Waals surface area contributed by atoms with Crippen LogP contribution in [-0.2, 0) is 16.0 Å². The molecular weight excluding hydrogens is 413 g/mol. The average Bonchev–Trinajstić information content (AvgIpc) is 2.08. The van der Waals surface area contributed by atoms with Crippen LogP contribution in [0, 0.1) is 10.5 Å². The van der Waals surface area contributed by atoms with E-state index in [0.29, 0.717) is 11.6 Å². The molecule has 0 bridgehead atoms. The summed E-state index contributed by atoms with van der Waals surface area (Å²) in [5.74, 6) is -1.03. The molecular formula is C8H7BF4IKO2S. The SMILES string of the molecule is Cc1c(I)cc([B-](F)(F)F)cc1CS(=O)(=O)F.[K+]. The van der Waals surface area contributed by atoms with Crippen molar-refractivity contribution in [2.24, 2.45) is 0 Å². The largest absolute Gasteiger partial charge is 1.00 e. The maximum atomic E-state index is 12.5. The molecule has 18 heavy (non-hydrogen) atoms. The van der Waals surface area contributed by atoms with Gasteiger partial charge in [-0.2, -0.15) is 8.42 Å². The maximum Gasteiger partial charge on any atom is 1.00 e. The van der Waals surface area contributed by atoms with E-state index in [9.17, 15) is 25.3 Å². The first kappa shape index (κ1) is 19.3. The first-order chi connectivity index (χ1) is 7.50. The van der Waals surface area contributed by atoms with Crippen molar-refractivity contribution in [3.05, 3.63) is 26.8 Å². The molecule has 0 heterocycles. The van der Waals surface area contributed by atoms with Crippen LogP contribution in [0.3, 0.4) is 0 Å². The maximum absolute atomic E-state index is 12.5. The van der Waals surface area contributed by atoms with Gasteiger partial charge in [-0.15, -0.1) is 9.35 Å². The van der Waals surface area contributed by atoms with Gasteiger partial charge < -0.3 is 12.9 Å². The van der Waals surface area contributed by atoms with Crippen molar-refractivity contribution in [3.8, 4) is 0 Å². The summed E-state index contributed by atoms with van der Waals surface area (Å²) in [6, 6.07) is 1.61. The van der Waals surface area contributed by atoms with E-state index in [0.717, 1.165) is 6.07 Å². The number of benzene rings is 1. The molecule has 1 aromatic rings. The van der Waals surface area contributed by atoms with Gasteiger partial charge in [0.1, 0.15) is 5.75 Å². The predicted molar refractivity (Wildman–Crippen MR) is 66.3 cm³/mol. The van der Waals surface area contributed by atoms with E-state index in [1.54, 1.807) is 22.6 Å². The minimum Gasteiger partial charge on any atom is -0.445 e. The van der Waals surface area contributed by atoms with Gasteiger partial charge in [-0.05, 0) is 40.6 Å². The second-order valence-corrected chi connectivity index (χ2v) is 6.07. The number of halogens is 5. The van der Waals surface area contributed by atoms with Gasteiger partial charge in [-0.1, -0.05) is 12.1 Å². The van der Waals surface area contributed by atoms with Gasteiger partial charge in [0.15, 0.2) is 0 Å². The van der Waals surface area contributed by atoms with E-state index in [1.807, 2.05) is 0 Å². The Bertz CT molecular complexity index is 547. The molecule has 0 N–H and O–H groups in total. The second-order valence-electron chi connectivity index (χ2n) is 3.54. The molecule has 2 nitrogen and oxygen atoms in total. The van der Waals surface area contributed by atoms with Crippen LogP contribution in [0.15, 0.2) is 12.1 Å². The quantitative estimate of drug-likeness (QED) is 0.285. The molecule has 0 aliphatic carbocycles. The van der Waals surface area contributed by atoms with Crippen molar-refractivity contribution in [2.45, 2.75) is 12.7 Å². The van der Waals surface area contributed by atoms with Gasteiger partial charge in [0, 0.05) is 3.57 Å². The fourth-order valence-electron chi connectivity index (χ4n) is 1.28. The molecule has 0 aromatic heterocycles. The molecule has 0 aliphatic heterocycles. The summed E-state index contributed by atoms with van der Waals surface area (Å²) in [6.45, 7) is -3.77. The van der Waals surface area contributed by atoms with E-state index in [-0.39, 0.29) is 60.5 Å². The standard InChI is InChI=1S/C8H7BF4IO2S.K/c1-5-6(4-17(13,15)16)2-7(3-8(5)14)9(10,11)12;/h2-3H,4H2,1H3;/q-1;+1. The minimum atomic E-state index is -5.23. The van der Waals surface area contributed by atoms with Crippen molar-refractivity contribution < 1.29 is 76.6 Å². The Morgan fingerprint density at radius 3 is 2.17 bits per heavy atom. The van der Waals surface area contributed by atoms with E-state index in [4.69, 9.17) is 0 Å². The molecule has 10 heteroatoms. The molecule has 96 valence electrons. The van der Waals surface area contributed by atoms with Crippen LogP contribution >= 0.6 is 22.6 Å². The predicted octanol–water partition coefficient (Wildman–Crippen LogP) is -0.543. The van der Waals surface area contributed by atoms with Crippen LogP contribution in [0.2, 0.25) is 0 Å². The molecule has 0 spiro atoms. The van der Waals surface area contributed by atoms with Crippen LogP contribution in [-0.4, -0.2) is 15.4 Å². The summed E-state index contributed by atoms with van der Waals surface area (Å²) in [5.41, 5.74) is -0.733. The zero-order chi connectivity index (χ0) is 13.4. The zero-order valence-corrected chi connectivity index (χ0v) is 15.7. The van der Waals surface area contributed by atoms with Gasteiger partial charge in [-0.25, -0.2) is 0 Å². The van der Waals surface area contributed by atoms with Gasteiger partial charge >= 0.3 is 68.6 Å². The number of rotatable bonds is 3. The third kappa shape index (κ3) is 5.75. The monoisotopic (exact) mass is 420 g/mol. The zero-order valence-electron chi connectivity index (χ0n) is 9.55. The first-order valence-corrected chi connectivity index (χ1v) is 7.05. The van der Waals surface area contributed by atoms with Crippen LogP contribution in [0.25, 0.3) is 0 Å². The normalized spacial score (nSPS) is 12.1. The molecule has 0 saturated heterocycles. The molecule has 0 saturated carbocycles. The van der Waals surface area contributed by atoms with Gasteiger partial charge in [0.2, 0.25) is 0 Å². The molecule has 0 aliphatic rings. The Labute approximate surface area is 159 Å². The van der Waals surface area contributed by atoms with Crippen molar-refractivity contribution in [3.63, 3.8) is 0 Å². The van der Waals surface area contributed by atoms with Gasteiger partial charge in [-0.3, -0.25) is 0 Å². The van der Waals surface area contributed by atoms with Crippen LogP contribution in [0.1, 0.15) is 11.1 Å². The first-order valence-electron chi connectivity index (χ1n) is 4.42. The van der Waals surface area contributed by atoms with Gasteiger partial charge in [0.25, 0.3) is 0 Å². The van der Waals surface area contributed by atoms with Crippen LogP contribution < -0.4 is 56.8 Å². The summed E-state index contributed by atoms with van der Waals surface area (Å²) >= 11 is 1.66. The summed E-state index contributed by atoms with van der Waals surface area (Å²) in [4.78, 5) is 0. The fraction of sp³-hybridized carbons (Fsp3) is 0.250. The number of hydrogen-bond acceptors (Lipinski definition) is 2. The van der Waals surface area contributed by atoms with Crippen molar-refractivity contribution in [1.82, 2.24) is 0 Å². The average molecular weight is 420 g/mol. The summed E-state index contributed by atoms with van der Waals surface area (Å²) < 4.78 is 71.3. The van der Waals surface area contributed by atoms with Crippen molar-refractivity contribution >= 4 is 45.3 Å². The topological polar surface area (TPSA) is 34.1 Å². The van der Waals surface area contributed by atoms with Crippen LogP contribution in [0.4, 0.5) is 16.8 Å². The fourth-order valence-corrected chi connectivity index (χ4v) is 2.66. The summed E-state index contributed by atoms with van der Waals surface area (Å²) in [7, 11) is -4.84. The smallest absolute Gasteiger partial charge is 0.445 e. The van der Waals surface area contributed by atoms with Crippen molar-refractivity contribution in [2.75, 3.05) is 0 Å². The molecule has 0 atom stereocenters. The van der Waals surface area contributed by atoms with E-state index in [2.05, 4.69) is 0 Å². The second kappa shape index (κ2) is 6.85. The van der Waals surface area contributed by atoms with E-state index in [1.165, 1.54) is 6.92 Å². The molecule has 0 unspecified atom stereocenters. The Balaban J connectivity index is 0.00000289. The third-order valence-electron chi connectivity index (χ3n) is 2.18. The Hall–Kier alpha value is 1.32. The summed E-state index contributed by atoms with van der Waals surface area (Å²) in [5, 5.41) is 0. The van der Waals surface area contributed by atoms with Gasteiger partial charge in [0.05, 0.1) is 0 Å². The Morgan fingerprint density at radius 2 is 1.78 bits per heavy atom. The number of hydrogen-bond donors (Lipinski definition) is 0. The minimum absolute atomic E-state index is 0. The molecule has 0 amide bonds. The Kier molecular flexibility index (Phi) is 7.36. The molecule has 0 fully saturated rings. The van der Waals surface area contributed by atoms with Crippen LogP contribution in [0.5, 0.6) is 0 Å². The molecule has 1 aromatic carbocycles. The van der Waals surface area contributed by atoms with Crippen molar-refractivity contribution in [1.29, 1.82) is 0 Å². The molecule has 1 rings (SSSR count).